The van der Waals surface area contributed by atoms with E-state index in [4.69, 9.17) is 4.74 Å². The minimum Gasteiger partial charge on any atom is -0.444 e. The van der Waals surface area contributed by atoms with Crippen LogP contribution in [0.15, 0.2) is 18.2 Å². The molecule has 1 unspecified atom stereocenters. The highest BCUT2D eigenvalue weighted by Gasteiger charge is 2.36. The normalized spacial score (nSPS) is 18.5. The highest BCUT2D eigenvalue weighted by atomic mass is 19.4. The van der Waals surface area contributed by atoms with Gasteiger partial charge >= 0.3 is 12.3 Å². The number of carbonyl (C=O) groups excluding carboxylic acids is 1. The fourth-order valence-corrected chi connectivity index (χ4v) is 2.94. The number of likely N-dealkylation sites (N-methyl/N-ethyl adjacent to an activating group) is 1. The van der Waals surface area contributed by atoms with Crippen molar-refractivity contribution in [1.29, 1.82) is 0 Å². The van der Waals surface area contributed by atoms with Crippen molar-refractivity contribution in [3.05, 3.63) is 35.1 Å². The number of amides is 1. The summed E-state index contributed by atoms with van der Waals surface area (Å²) < 4.78 is 57.9. The van der Waals surface area contributed by atoms with Crippen LogP contribution in [0.3, 0.4) is 0 Å². The van der Waals surface area contributed by atoms with Crippen LogP contribution in [-0.4, -0.2) is 47.7 Å². The molecule has 26 heavy (non-hydrogen) atoms. The van der Waals surface area contributed by atoms with Crippen molar-refractivity contribution in [3.63, 3.8) is 0 Å². The maximum atomic E-state index is 13.2. The largest absolute Gasteiger partial charge is 0.444 e. The molecule has 1 atom stereocenters. The van der Waals surface area contributed by atoms with E-state index < -0.39 is 29.3 Å². The zero-order valence-corrected chi connectivity index (χ0v) is 15.4. The average molecular weight is 376 g/mol. The van der Waals surface area contributed by atoms with Crippen LogP contribution in [0.2, 0.25) is 0 Å². The van der Waals surface area contributed by atoms with E-state index in [9.17, 15) is 22.4 Å². The molecule has 146 valence electrons. The Balaban J connectivity index is 2.04. The highest BCUT2D eigenvalue weighted by molar-refractivity contribution is 5.68. The lowest BCUT2D eigenvalue weighted by molar-refractivity contribution is -0.138. The van der Waals surface area contributed by atoms with E-state index in [1.54, 1.807) is 37.6 Å². The molecule has 0 radical (unpaired) electrons. The van der Waals surface area contributed by atoms with Crippen LogP contribution in [0.25, 0.3) is 0 Å². The zero-order chi connectivity index (χ0) is 19.7. The fraction of sp³-hybridized carbons (Fsp3) is 0.611. The van der Waals surface area contributed by atoms with Crippen molar-refractivity contribution in [1.82, 2.24) is 9.80 Å². The molecule has 4 nitrogen and oxygen atoms in total. The Morgan fingerprint density at radius 3 is 2.54 bits per heavy atom. The van der Waals surface area contributed by atoms with Gasteiger partial charge in [-0.15, -0.1) is 0 Å². The zero-order valence-electron chi connectivity index (χ0n) is 15.4. The van der Waals surface area contributed by atoms with E-state index in [-0.39, 0.29) is 18.2 Å². The lowest BCUT2D eigenvalue weighted by Crippen LogP contribution is -2.39. The molecule has 1 aromatic carbocycles. The quantitative estimate of drug-likeness (QED) is 0.738. The fourth-order valence-electron chi connectivity index (χ4n) is 2.94. The van der Waals surface area contributed by atoms with Gasteiger partial charge in [-0.1, -0.05) is 6.07 Å². The third-order valence-corrected chi connectivity index (χ3v) is 4.24. The summed E-state index contributed by atoms with van der Waals surface area (Å²) in [5.41, 5.74) is -1.56. The van der Waals surface area contributed by atoms with Crippen LogP contribution in [0.4, 0.5) is 22.4 Å². The molecule has 1 heterocycles. The molecule has 1 aromatic rings. The third kappa shape index (κ3) is 5.33. The number of nitrogens with zero attached hydrogens (tertiary/aromatic N) is 2. The first-order chi connectivity index (χ1) is 11.9. The molecule has 0 spiro atoms. The average Bonchev–Trinajstić information content (AvgIpc) is 2.96. The Morgan fingerprint density at radius 1 is 1.31 bits per heavy atom. The minimum absolute atomic E-state index is 0.0112. The van der Waals surface area contributed by atoms with E-state index in [0.29, 0.717) is 25.6 Å². The van der Waals surface area contributed by atoms with Gasteiger partial charge in [0.1, 0.15) is 11.4 Å². The predicted molar refractivity (Wildman–Crippen MR) is 89.1 cm³/mol. The summed E-state index contributed by atoms with van der Waals surface area (Å²) in [4.78, 5) is 15.4. The van der Waals surface area contributed by atoms with Crippen molar-refractivity contribution in [2.24, 2.45) is 0 Å². The van der Waals surface area contributed by atoms with E-state index in [1.807, 2.05) is 0 Å². The summed E-state index contributed by atoms with van der Waals surface area (Å²) in [6.45, 7) is 6.21. The maximum absolute atomic E-state index is 13.2. The van der Waals surface area contributed by atoms with Crippen molar-refractivity contribution < 1.29 is 27.1 Å². The van der Waals surface area contributed by atoms with Gasteiger partial charge in [0.25, 0.3) is 0 Å². The molecule has 0 saturated carbocycles. The molecule has 1 fully saturated rings. The van der Waals surface area contributed by atoms with Gasteiger partial charge in [0.2, 0.25) is 0 Å². The Hall–Kier alpha value is -1.83. The molecule has 0 N–H and O–H groups in total. The number of ether oxygens (including phenoxy) is 1. The van der Waals surface area contributed by atoms with Gasteiger partial charge in [0.15, 0.2) is 0 Å². The van der Waals surface area contributed by atoms with E-state index in [2.05, 4.69) is 0 Å². The van der Waals surface area contributed by atoms with Crippen molar-refractivity contribution in [2.75, 3.05) is 20.1 Å². The van der Waals surface area contributed by atoms with Crippen LogP contribution in [0, 0.1) is 5.82 Å². The standard InChI is InChI=1S/C18H24F4N2O2/c1-17(2,3)26-16(25)24-8-7-14(11-24)23(4)10-12-5-6-13(19)9-15(12)18(20,21)22/h5-6,9,14H,7-8,10-11H2,1-4H3. The van der Waals surface area contributed by atoms with Crippen molar-refractivity contribution in [3.8, 4) is 0 Å². The Kier molecular flexibility index (Phi) is 5.85. The molecule has 0 aliphatic carbocycles. The van der Waals surface area contributed by atoms with Crippen LogP contribution >= 0.6 is 0 Å². The topological polar surface area (TPSA) is 32.8 Å². The molecule has 1 aliphatic heterocycles. The second-order valence-corrected chi connectivity index (χ2v) is 7.58. The number of carbonyl (C=O) groups is 1. The molecule has 0 aromatic heterocycles. The van der Waals surface area contributed by atoms with Gasteiger partial charge in [-0.25, -0.2) is 9.18 Å². The second kappa shape index (κ2) is 7.42. The summed E-state index contributed by atoms with van der Waals surface area (Å²) >= 11 is 0. The summed E-state index contributed by atoms with van der Waals surface area (Å²) in [5.74, 6) is -0.916. The molecular weight excluding hydrogens is 352 g/mol. The number of hydrogen-bond acceptors (Lipinski definition) is 3. The molecule has 0 bridgehead atoms. The van der Waals surface area contributed by atoms with Crippen LogP contribution < -0.4 is 0 Å². The van der Waals surface area contributed by atoms with E-state index in [1.165, 1.54) is 0 Å². The van der Waals surface area contributed by atoms with Gasteiger partial charge in [-0.05, 0) is 51.9 Å². The number of halogens is 4. The van der Waals surface area contributed by atoms with Gasteiger partial charge in [0.05, 0.1) is 5.56 Å². The van der Waals surface area contributed by atoms with E-state index >= 15 is 0 Å². The summed E-state index contributed by atoms with van der Waals surface area (Å²) in [5, 5.41) is 0. The van der Waals surface area contributed by atoms with Crippen molar-refractivity contribution >= 4 is 6.09 Å². The Morgan fingerprint density at radius 2 is 1.96 bits per heavy atom. The van der Waals surface area contributed by atoms with Crippen LogP contribution in [-0.2, 0) is 17.5 Å². The summed E-state index contributed by atoms with van der Waals surface area (Å²) in [7, 11) is 1.70. The highest BCUT2D eigenvalue weighted by Crippen LogP contribution is 2.33. The van der Waals surface area contributed by atoms with Gasteiger partial charge in [0, 0.05) is 25.7 Å². The van der Waals surface area contributed by atoms with E-state index in [0.717, 1.165) is 12.1 Å². The summed E-state index contributed by atoms with van der Waals surface area (Å²) in [6, 6.07) is 2.62. The number of alkyl halides is 3. The number of benzene rings is 1. The Bertz CT molecular complexity index is 656. The number of likely N-dealkylation sites (tertiary alicyclic amines) is 1. The monoisotopic (exact) mass is 376 g/mol. The van der Waals surface area contributed by atoms with Gasteiger partial charge in [-0.3, -0.25) is 4.90 Å². The number of hydrogen-bond donors (Lipinski definition) is 0. The molecule has 2 rings (SSSR count). The molecule has 1 aliphatic rings. The second-order valence-electron chi connectivity index (χ2n) is 7.58. The first kappa shape index (κ1) is 20.5. The summed E-state index contributed by atoms with van der Waals surface area (Å²) in [6.07, 6.45) is -4.40. The maximum Gasteiger partial charge on any atom is 0.416 e. The van der Waals surface area contributed by atoms with Crippen LogP contribution in [0.5, 0.6) is 0 Å². The lowest BCUT2D eigenvalue weighted by atomic mass is 10.1. The molecule has 1 saturated heterocycles. The van der Waals surface area contributed by atoms with Gasteiger partial charge < -0.3 is 9.64 Å². The molecular formula is C18H24F4N2O2. The first-order valence-corrected chi connectivity index (χ1v) is 8.40. The minimum atomic E-state index is -4.61. The smallest absolute Gasteiger partial charge is 0.416 e. The molecule has 1 amide bonds. The third-order valence-electron chi connectivity index (χ3n) is 4.24. The first-order valence-electron chi connectivity index (χ1n) is 8.40. The van der Waals surface area contributed by atoms with Crippen LogP contribution in [0.1, 0.15) is 38.3 Å². The molecule has 8 heteroatoms. The Labute approximate surface area is 150 Å². The predicted octanol–water partition coefficient (Wildman–Crippen LogP) is 4.29. The number of rotatable bonds is 3. The van der Waals surface area contributed by atoms with Crippen molar-refractivity contribution in [2.45, 2.75) is 51.6 Å². The SMILES string of the molecule is CN(Cc1ccc(F)cc1C(F)(F)F)C1CCN(C(=O)OC(C)(C)C)C1. The van der Waals surface area contributed by atoms with Gasteiger partial charge in [-0.2, -0.15) is 13.2 Å². The lowest BCUT2D eigenvalue weighted by Gasteiger charge is -2.27.